The number of amides is 2. The van der Waals surface area contributed by atoms with Gasteiger partial charge in [0.1, 0.15) is 11.4 Å². The molecule has 1 saturated heterocycles. The first kappa shape index (κ1) is 22.1. The van der Waals surface area contributed by atoms with Crippen molar-refractivity contribution in [1.82, 2.24) is 15.2 Å². The highest BCUT2D eigenvalue weighted by molar-refractivity contribution is 5.93. The number of hydrogen-bond acceptors (Lipinski definition) is 5. The van der Waals surface area contributed by atoms with E-state index in [1.54, 1.807) is 0 Å². The summed E-state index contributed by atoms with van der Waals surface area (Å²) in [6.07, 6.45) is 1.40. The fourth-order valence-corrected chi connectivity index (χ4v) is 2.88. The third kappa shape index (κ3) is 7.46. The van der Waals surface area contributed by atoms with Gasteiger partial charge in [-0.05, 0) is 45.7 Å². The molecular formula is C21H34N4O3. The standard InChI is InChI=1S/C21H34N4O3/c1-20(2,3)18(26)24-17-9-7-8-16(22-17)14-25-12-10-15(11-13-25)23-19(27)28-21(4,5)6/h7-9,15H,10-14H2,1-6H3,(H,23,27)(H,22,24,26). The molecule has 0 spiro atoms. The van der Waals surface area contributed by atoms with Crippen LogP contribution in [0.25, 0.3) is 0 Å². The van der Waals surface area contributed by atoms with E-state index in [0.29, 0.717) is 5.82 Å². The Labute approximate surface area is 168 Å². The predicted octanol–water partition coefficient (Wildman–Crippen LogP) is 3.56. The Morgan fingerprint density at radius 3 is 2.36 bits per heavy atom. The van der Waals surface area contributed by atoms with Crippen LogP contribution in [-0.4, -0.2) is 46.6 Å². The molecule has 0 radical (unpaired) electrons. The van der Waals surface area contributed by atoms with E-state index in [4.69, 9.17) is 4.74 Å². The van der Waals surface area contributed by atoms with Gasteiger partial charge in [-0.2, -0.15) is 0 Å². The number of alkyl carbamates (subject to hydrolysis) is 1. The number of hydrogen-bond donors (Lipinski definition) is 2. The van der Waals surface area contributed by atoms with Crippen molar-refractivity contribution in [1.29, 1.82) is 0 Å². The molecule has 0 unspecified atom stereocenters. The molecule has 0 aliphatic carbocycles. The molecule has 2 rings (SSSR count). The van der Waals surface area contributed by atoms with Crippen LogP contribution in [0, 0.1) is 5.41 Å². The van der Waals surface area contributed by atoms with E-state index < -0.39 is 11.0 Å². The zero-order chi connectivity index (χ0) is 20.9. The van der Waals surface area contributed by atoms with Crippen LogP contribution in [0.5, 0.6) is 0 Å². The van der Waals surface area contributed by atoms with Gasteiger partial charge in [0.2, 0.25) is 5.91 Å². The van der Waals surface area contributed by atoms with Gasteiger partial charge in [0.15, 0.2) is 0 Å². The summed E-state index contributed by atoms with van der Waals surface area (Å²) in [7, 11) is 0. The number of pyridine rings is 1. The summed E-state index contributed by atoms with van der Waals surface area (Å²) in [5, 5.41) is 5.83. The van der Waals surface area contributed by atoms with Gasteiger partial charge in [0, 0.05) is 31.1 Å². The predicted molar refractivity (Wildman–Crippen MR) is 110 cm³/mol. The lowest BCUT2D eigenvalue weighted by Crippen LogP contribution is -2.45. The Kier molecular flexibility index (Phi) is 7.04. The molecule has 156 valence electrons. The van der Waals surface area contributed by atoms with Gasteiger partial charge in [-0.25, -0.2) is 9.78 Å². The minimum Gasteiger partial charge on any atom is -0.444 e. The van der Waals surface area contributed by atoms with E-state index in [9.17, 15) is 9.59 Å². The van der Waals surface area contributed by atoms with Crippen LogP contribution >= 0.6 is 0 Å². The van der Waals surface area contributed by atoms with Gasteiger partial charge >= 0.3 is 6.09 Å². The van der Waals surface area contributed by atoms with Gasteiger partial charge in [-0.1, -0.05) is 26.8 Å². The third-order valence-electron chi connectivity index (χ3n) is 4.42. The maximum atomic E-state index is 12.1. The number of carbonyl (C=O) groups excluding carboxylic acids is 2. The molecule has 7 heteroatoms. The summed E-state index contributed by atoms with van der Waals surface area (Å²) in [5.41, 5.74) is -0.0184. The molecule has 2 heterocycles. The van der Waals surface area contributed by atoms with Crippen molar-refractivity contribution in [3.05, 3.63) is 23.9 Å². The molecule has 1 aromatic rings. The number of piperidine rings is 1. The molecule has 0 saturated carbocycles. The first-order chi connectivity index (χ1) is 12.9. The summed E-state index contributed by atoms with van der Waals surface area (Å²) in [6.45, 7) is 13.7. The average Bonchev–Trinajstić information content (AvgIpc) is 2.54. The van der Waals surface area contributed by atoms with Crippen LogP contribution in [0.4, 0.5) is 10.6 Å². The molecule has 2 amide bonds. The number of likely N-dealkylation sites (tertiary alicyclic amines) is 1. The Balaban J connectivity index is 1.82. The zero-order valence-electron chi connectivity index (χ0n) is 18.0. The maximum absolute atomic E-state index is 12.1. The molecule has 2 N–H and O–H groups in total. The van der Waals surface area contributed by atoms with E-state index in [2.05, 4.69) is 20.5 Å². The topological polar surface area (TPSA) is 83.6 Å². The quantitative estimate of drug-likeness (QED) is 0.821. The van der Waals surface area contributed by atoms with Gasteiger partial charge in [-0.3, -0.25) is 9.69 Å². The normalized spacial score (nSPS) is 16.5. The lowest BCUT2D eigenvalue weighted by molar-refractivity contribution is -0.123. The van der Waals surface area contributed by atoms with Crippen molar-refractivity contribution in [3.8, 4) is 0 Å². The minimum absolute atomic E-state index is 0.0498. The molecular weight excluding hydrogens is 356 g/mol. The van der Waals surface area contributed by atoms with Gasteiger partial charge in [0.05, 0.1) is 5.69 Å². The van der Waals surface area contributed by atoms with Gasteiger partial charge < -0.3 is 15.4 Å². The summed E-state index contributed by atoms with van der Waals surface area (Å²) in [6, 6.07) is 5.83. The Morgan fingerprint density at radius 2 is 1.79 bits per heavy atom. The number of carbonyl (C=O) groups is 2. The van der Waals surface area contributed by atoms with E-state index >= 15 is 0 Å². The van der Waals surface area contributed by atoms with Gasteiger partial charge in [-0.15, -0.1) is 0 Å². The number of anilines is 1. The van der Waals surface area contributed by atoms with E-state index in [1.165, 1.54) is 0 Å². The van der Waals surface area contributed by atoms with Crippen molar-refractivity contribution >= 4 is 17.8 Å². The molecule has 1 aromatic heterocycles. The summed E-state index contributed by atoms with van der Waals surface area (Å²) in [4.78, 5) is 30.9. The van der Waals surface area contributed by atoms with E-state index in [1.807, 2.05) is 59.7 Å². The Bertz CT molecular complexity index is 684. The smallest absolute Gasteiger partial charge is 0.407 e. The van der Waals surface area contributed by atoms with E-state index in [0.717, 1.165) is 38.2 Å². The monoisotopic (exact) mass is 390 g/mol. The first-order valence-electron chi connectivity index (χ1n) is 9.92. The zero-order valence-corrected chi connectivity index (χ0v) is 18.0. The Hall–Kier alpha value is -2.15. The Morgan fingerprint density at radius 1 is 1.14 bits per heavy atom. The lowest BCUT2D eigenvalue weighted by Gasteiger charge is -2.32. The maximum Gasteiger partial charge on any atom is 0.407 e. The summed E-state index contributed by atoms with van der Waals surface area (Å²) in [5.74, 6) is 0.532. The minimum atomic E-state index is -0.482. The number of rotatable bonds is 4. The fourth-order valence-electron chi connectivity index (χ4n) is 2.88. The average molecular weight is 391 g/mol. The number of nitrogens with one attached hydrogen (secondary N) is 2. The highest BCUT2D eigenvalue weighted by Gasteiger charge is 2.24. The van der Waals surface area contributed by atoms with Crippen molar-refractivity contribution in [2.24, 2.45) is 5.41 Å². The molecule has 1 fully saturated rings. The van der Waals surface area contributed by atoms with Crippen molar-refractivity contribution in [2.75, 3.05) is 18.4 Å². The summed E-state index contributed by atoms with van der Waals surface area (Å²) < 4.78 is 5.32. The highest BCUT2D eigenvalue weighted by Crippen LogP contribution is 2.18. The molecule has 7 nitrogen and oxygen atoms in total. The number of aromatic nitrogens is 1. The molecule has 0 aromatic carbocycles. The molecule has 0 atom stereocenters. The third-order valence-corrected chi connectivity index (χ3v) is 4.42. The highest BCUT2D eigenvalue weighted by atomic mass is 16.6. The van der Waals surface area contributed by atoms with Gasteiger partial charge in [0.25, 0.3) is 0 Å². The first-order valence-corrected chi connectivity index (χ1v) is 9.92. The second kappa shape index (κ2) is 8.90. The van der Waals surface area contributed by atoms with Crippen molar-refractivity contribution < 1.29 is 14.3 Å². The molecule has 0 bridgehead atoms. The number of ether oxygens (including phenoxy) is 1. The van der Waals surface area contributed by atoms with Crippen LogP contribution in [0.3, 0.4) is 0 Å². The van der Waals surface area contributed by atoms with Crippen LogP contribution < -0.4 is 10.6 Å². The second-order valence-electron chi connectivity index (χ2n) is 9.41. The van der Waals surface area contributed by atoms with Crippen LogP contribution in [0.2, 0.25) is 0 Å². The van der Waals surface area contributed by atoms with Crippen LogP contribution in [0.1, 0.15) is 60.1 Å². The molecule has 1 aliphatic rings. The molecule has 1 aliphatic heterocycles. The summed E-state index contributed by atoms with van der Waals surface area (Å²) >= 11 is 0. The van der Waals surface area contributed by atoms with Crippen molar-refractivity contribution in [3.63, 3.8) is 0 Å². The van der Waals surface area contributed by atoms with E-state index in [-0.39, 0.29) is 18.0 Å². The van der Waals surface area contributed by atoms with Crippen LogP contribution in [0.15, 0.2) is 18.2 Å². The van der Waals surface area contributed by atoms with Crippen molar-refractivity contribution in [2.45, 2.75) is 72.6 Å². The second-order valence-corrected chi connectivity index (χ2v) is 9.41. The SMILES string of the molecule is CC(C)(C)OC(=O)NC1CCN(Cc2cccc(NC(=O)C(C)(C)C)n2)CC1. The largest absolute Gasteiger partial charge is 0.444 e. The molecule has 28 heavy (non-hydrogen) atoms. The lowest BCUT2D eigenvalue weighted by atomic mass is 9.96. The fraction of sp³-hybridized carbons (Fsp3) is 0.667. The number of nitrogens with zero attached hydrogens (tertiary/aromatic N) is 2. The van der Waals surface area contributed by atoms with Crippen LogP contribution in [-0.2, 0) is 16.1 Å².